The van der Waals surface area contributed by atoms with E-state index in [2.05, 4.69) is 24.4 Å². The SMILES string of the molecule is CCCCCc1ccc(NC(=O)N2CC[C@@H](O)C2)cc1. The fraction of sp³-hybridized carbons (Fsp3) is 0.562. The summed E-state index contributed by atoms with van der Waals surface area (Å²) in [5.74, 6) is 0. The van der Waals surface area contributed by atoms with Gasteiger partial charge >= 0.3 is 6.03 Å². The topological polar surface area (TPSA) is 52.6 Å². The number of nitrogens with one attached hydrogen (secondary N) is 1. The van der Waals surface area contributed by atoms with Gasteiger partial charge in [-0.2, -0.15) is 0 Å². The molecule has 1 aromatic rings. The minimum Gasteiger partial charge on any atom is -0.391 e. The van der Waals surface area contributed by atoms with E-state index >= 15 is 0 Å². The van der Waals surface area contributed by atoms with Crippen LogP contribution in [-0.2, 0) is 6.42 Å². The van der Waals surface area contributed by atoms with Crippen molar-refractivity contribution in [2.75, 3.05) is 18.4 Å². The fourth-order valence-corrected chi connectivity index (χ4v) is 2.46. The predicted molar refractivity (Wildman–Crippen MR) is 80.9 cm³/mol. The average molecular weight is 276 g/mol. The lowest BCUT2D eigenvalue weighted by Crippen LogP contribution is -2.33. The second-order valence-electron chi connectivity index (χ2n) is 5.47. The summed E-state index contributed by atoms with van der Waals surface area (Å²) in [5.41, 5.74) is 2.13. The van der Waals surface area contributed by atoms with Crippen LogP contribution in [0.25, 0.3) is 0 Å². The molecule has 2 amide bonds. The summed E-state index contributed by atoms with van der Waals surface area (Å²) in [6.07, 6.45) is 5.10. The lowest BCUT2D eigenvalue weighted by molar-refractivity contribution is 0.176. The summed E-state index contributed by atoms with van der Waals surface area (Å²) in [5, 5.41) is 12.3. The zero-order valence-corrected chi connectivity index (χ0v) is 12.1. The molecule has 0 aromatic heterocycles. The zero-order chi connectivity index (χ0) is 14.4. The molecule has 1 aromatic carbocycles. The van der Waals surface area contributed by atoms with E-state index in [0.717, 1.165) is 12.1 Å². The molecular formula is C16H24N2O2. The highest BCUT2D eigenvalue weighted by atomic mass is 16.3. The summed E-state index contributed by atoms with van der Waals surface area (Å²) >= 11 is 0. The number of unbranched alkanes of at least 4 members (excludes halogenated alkanes) is 2. The highest BCUT2D eigenvalue weighted by molar-refractivity contribution is 5.89. The van der Waals surface area contributed by atoms with E-state index in [1.807, 2.05) is 12.1 Å². The number of aliphatic hydroxyl groups excluding tert-OH is 1. The Balaban J connectivity index is 1.82. The van der Waals surface area contributed by atoms with Gasteiger partial charge in [0.25, 0.3) is 0 Å². The second kappa shape index (κ2) is 7.29. The van der Waals surface area contributed by atoms with Crippen LogP contribution in [0.3, 0.4) is 0 Å². The molecule has 1 aliphatic rings. The quantitative estimate of drug-likeness (QED) is 0.812. The standard InChI is InChI=1S/C16H24N2O2/c1-2-3-4-5-13-6-8-14(9-7-13)17-16(20)18-11-10-15(19)12-18/h6-9,15,19H,2-5,10-12H2,1H3,(H,17,20)/t15-/m1/s1. The van der Waals surface area contributed by atoms with Crippen molar-refractivity contribution >= 4 is 11.7 Å². The number of carbonyl (C=O) groups excluding carboxylic acids is 1. The first kappa shape index (κ1) is 14.9. The largest absolute Gasteiger partial charge is 0.391 e. The Kier molecular flexibility index (Phi) is 5.41. The van der Waals surface area contributed by atoms with Crippen LogP contribution in [0, 0.1) is 0 Å². The van der Waals surface area contributed by atoms with Crippen LogP contribution in [0.2, 0.25) is 0 Å². The maximum Gasteiger partial charge on any atom is 0.321 e. The molecule has 20 heavy (non-hydrogen) atoms. The molecule has 1 fully saturated rings. The normalized spacial score (nSPS) is 18.3. The first-order chi connectivity index (χ1) is 9.69. The highest BCUT2D eigenvalue weighted by Crippen LogP contribution is 2.15. The zero-order valence-electron chi connectivity index (χ0n) is 12.1. The minimum atomic E-state index is -0.373. The number of anilines is 1. The van der Waals surface area contributed by atoms with Gasteiger partial charge in [0.1, 0.15) is 0 Å². The summed E-state index contributed by atoms with van der Waals surface area (Å²) in [7, 11) is 0. The van der Waals surface area contributed by atoms with Gasteiger partial charge in [0.05, 0.1) is 6.10 Å². The Labute approximate surface area is 120 Å². The van der Waals surface area contributed by atoms with Crippen molar-refractivity contribution in [1.82, 2.24) is 4.90 Å². The van der Waals surface area contributed by atoms with Crippen LogP contribution in [0.1, 0.15) is 38.2 Å². The summed E-state index contributed by atoms with van der Waals surface area (Å²) in [6, 6.07) is 7.92. The van der Waals surface area contributed by atoms with Crippen LogP contribution in [-0.4, -0.2) is 35.2 Å². The number of carbonyl (C=O) groups is 1. The fourth-order valence-electron chi connectivity index (χ4n) is 2.46. The molecule has 1 aliphatic heterocycles. The van der Waals surface area contributed by atoms with Crippen LogP contribution < -0.4 is 5.32 Å². The van der Waals surface area contributed by atoms with E-state index < -0.39 is 0 Å². The molecule has 2 N–H and O–H groups in total. The molecule has 110 valence electrons. The molecule has 1 saturated heterocycles. The van der Waals surface area contributed by atoms with Crippen molar-refractivity contribution < 1.29 is 9.90 Å². The van der Waals surface area contributed by atoms with Gasteiger partial charge in [-0.25, -0.2) is 4.79 Å². The Morgan fingerprint density at radius 1 is 1.35 bits per heavy atom. The Bertz CT molecular complexity index is 431. The Morgan fingerprint density at radius 2 is 2.10 bits per heavy atom. The number of aliphatic hydroxyl groups is 1. The number of benzene rings is 1. The minimum absolute atomic E-state index is 0.125. The first-order valence-electron chi connectivity index (χ1n) is 7.52. The third kappa shape index (κ3) is 4.23. The van der Waals surface area contributed by atoms with Gasteiger partial charge in [-0.1, -0.05) is 31.9 Å². The average Bonchev–Trinajstić information content (AvgIpc) is 2.88. The van der Waals surface area contributed by atoms with Crippen LogP contribution in [0.15, 0.2) is 24.3 Å². The maximum atomic E-state index is 12.0. The lowest BCUT2D eigenvalue weighted by atomic mass is 10.1. The molecule has 1 atom stereocenters. The van der Waals surface area contributed by atoms with E-state index in [9.17, 15) is 9.90 Å². The first-order valence-corrected chi connectivity index (χ1v) is 7.52. The van der Waals surface area contributed by atoms with Crippen molar-refractivity contribution in [2.24, 2.45) is 0 Å². The number of β-amino-alcohol motifs (C(OH)–C–C–N with tert-alkyl or cyclic N) is 1. The van der Waals surface area contributed by atoms with Crippen molar-refractivity contribution in [3.05, 3.63) is 29.8 Å². The summed E-state index contributed by atoms with van der Waals surface area (Å²) in [4.78, 5) is 13.6. The number of nitrogens with zero attached hydrogens (tertiary/aromatic N) is 1. The van der Waals surface area contributed by atoms with E-state index in [1.165, 1.54) is 24.8 Å². The number of likely N-dealkylation sites (tertiary alicyclic amines) is 1. The number of aryl methyl sites for hydroxylation is 1. The van der Waals surface area contributed by atoms with Crippen molar-refractivity contribution in [3.8, 4) is 0 Å². The Morgan fingerprint density at radius 3 is 2.70 bits per heavy atom. The van der Waals surface area contributed by atoms with Gasteiger partial charge in [-0.05, 0) is 37.0 Å². The van der Waals surface area contributed by atoms with Gasteiger partial charge in [-0.15, -0.1) is 0 Å². The molecule has 2 rings (SSSR count). The van der Waals surface area contributed by atoms with Gasteiger partial charge in [0.15, 0.2) is 0 Å². The monoisotopic (exact) mass is 276 g/mol. The molecule has 0 unspecified atom stereocenters. The van der Waals surface area contributed by atoms with E-state index in [-0.39, 0.29) is 12.1 Å². The van der Waals surface area contributed by atoms with Gasteiger partial charge < -0.3 is 15.3 Å². The third-order valence-electron chi connectivity index (χ3n) is 3.72. The summed E-state index contributed by atoms with van der Waals surface area (Å²) < 4.78 is 0. The maximum absolute atomic E-state index is 12.0. The second-order valence-corrected chi connectivity index (χ2v) is 5.47. The van der Waals surface area contributed by atoms with Crippen molar-refractivity contribution in [1.29, 1.82) is 0 Å². The number of rotatable bonds is 5. The number of hydrogen-bond donors (Lipinski definition) is 2. The van der Waals surface area contributed by atoms with Crippen LogP contribution >= 0.6 is 0 Å². The number of hydrogen-bond acceptors (Lipinski definition) is 2. The third-order valence-corrected chi connectivity index (χ3v) is 3.72. The molecule has 0 spiro atoms. The van der Waals surface area contributed by atoms with Gasteiger partial charge in [0.2, 0.25) is 0 Å². The molecule has 4 heteroatoms. The summed E-state index contributed by atoms with van der Waals surface area (Å²) in [6.45, 7) is 3.26. The van der Waals surface area contributed by atoms with Gasteiger partial charge in [-0.3, -0.25) is 0 Å². The van der Waals surface area contributed by atoms with Crippen molar-refractivity contribution in [3.63, 3.8) is 0 Å². The molecule has 0 radical (unpaired) electrons. The smallest absolute Gasteiger partial charge is 0.321 e. The predicted octanol–water partition coefficient (Wildman–Crippen LogP) is 3.02. The van der Waals surface area contributed by atoms with E-state index in [1.54, 1.807) is 4.90 Å². The van der Waals surface area contributed by atoms with Crippen LogP contribution in [0.5, 0.6) is 0 Å². The Hall–Kier alpha value is -1.55. The van der Waals surface area contributed by atoms with Gasteiger partial charge in [0, 0.05) is 18.8 Å². The van der Waals surface area contributed by atoms with Crippen molar-refractivity contribution in [2.45, 2.75) is 45.1 Å². The van der Waals surface area contributed by atoms with Crippen LogP contribution in [0.4, 0.5) is 10.5 Å². The molecule has 0 aliphatic carbocycles. The molecule has 0 bridgehead atoms. The van der Waals surface area contributed by atoms with E-state index in [0.29, 0.717) is 19.5 Å². The lowest BCUT2D eigenvalue weighted by Gasteiger charge is -2.16. The molecule has 0 saturated carbocycles. The molecule has 4 nitrogen and oxygen atoms in total. The molecule has 1 heterocycles. The highest BCUT2D eigenvalue weighted by Gasteiger charge is 2.24. The molecular weight excluding hydrogens is 252 g/mol. The number of amides is 2. The van der Waals surface area contributed by atoms with E-state index in [4.69, 9.17) is 0 Å². The number of urea groups is 1.